The minimum Gasteiger partial charge on any atom is -0.397 e. The topological polar surface area (TPSA) is 78.0 Å². The van der Waals surface area contributed by atoms with Crippen LogP contribution >= 0.6 is 0 Å². The summed E-state index contributed by atoms with van der Waals surface area (Å²) in [6.07, 6.45) is 3.72. The van der Waals surface area contributed by atoms with Gasteiger partial charge in [-0.05, 0) is 32.9 Å². The largest absolute Gasteiger partial charge is 0.397 e. The standard InChI is InChI=1S/C13H19N5/c1-9-5-12(3-4-18(9)2)17-13-10(7-14)6-11(15)8-16-13/h6,8-9,12H,3-5,15H2,1-2H3,(H,16,17). The van der Waals surface area contributed by atoms with Gasteiger partial charge in [-0.25, -0.2) is 4.98 Å². The van der Waals surface area contributed by atoms with Crippen LogP contribution in [0.1, 0.15) is 25.3 Å². The molecule has 3 N–H and O–H groups in total. The van der Waals surface area contributed by atoms with Crippen LogP contribution in [0.3, 0.4) is 0 Å². The summed E-state index contributed by atoms with van der Waals surface area (Å²) in [7, 11) is 2.14. The van der Waals surface area contributed by atoms with Crippen molar-refractivity contribution in [3.8, 4) is 6.07 Å². The number of aromatic nitrogens is 1. The van der Waals surface area contributed by atoms with Gasteiger partial charge in [0.25, 0.3) is 0 Å². The van der Waals surface area contributed by atoms with Gasteiger partial charge in [0.2, 0.25) is 0 Å². The number of rotatable bonds is 2. The van der Waals surface area contributed by atoms with Gasteiger partial charge in [0, 0.05) is 18.6 Å². The number of likely N-dealkylation sites (tertiary alicyclic amines) is 1. The molecule has 96 valence electrons. The van der Waals surface area contributed by atoms with Crippen molar-refractivity contribution in [3.63, 3.8) is 0 Å². The first-order valence-corrected chi connectivity index (χ1v) is 6.22. The molecule has 0 aliphatic carbocycles. The van der Waals surface area contributed by atoms with E-state index in [0.29, 0.717) is 29.2 Å². The molecule has 2 atom stereocenters. The van der Waals surface area contributed by atoms with Gasteiger partial charge >= 0.3 is 0 Å². The Bertz CT molecular complexity index is 465. The lowest BCUT2D eigenvalue weighted by atomic mass is 9.99. The Morgan fingerprint density at radius 2 is 2.39 bits per heavy atom. The van der Waals surface area contributed by atoms with Crippen molar-refractivity contribution in [2.24, 2.45) is 0 Å². The quantitative estimate of drug-likeness (QED) is 0.824. The average Bonchev–Trinajstić information content (AvgIpc) is 2.36. The summed E-state index contributed by atoms with van der Waals surface area (Å²) >= 11 is 0. The van der Waals surface area contributed by atoms with Gasteiger partial charge in [-0.15, -0.1) is 0 Å². The molecule has 5 nitrogen and oxygen atoms in total. The first-order valence-electron chi connectivity index (χ1n) is 6.22. The Kier molecular flexibility index (Phi) is 3.68. The van der Waals surface area contributed by atoms with Gasteiger partial charge < -0.3 is 16.0 Å². The van der Waals surface area contributed by atoms with Crippen LogP contribution in [0, 0.1) is 11.3 Å². The van der Waals surface area contributed by atoms with Gasteiger partial charge in [-0.2, -0.15) is 5.26 Å². The molecule has 1 aromatic heterocycles. The number of nitrogens with zero attached hydrogens (tertiary/aromatic N) is 3. The van der Waals surface area contributed by atoms with Crippen molar-refractivity contribution < 1.29 is 0 Å². The maximum Gasteiger partial charge on any atom is 0.144 e. The third kappa shape index (κ3) is 2.71. The molecule has 2 heterocycles. The van der Waals surface area contributed by atoms with Gasteiger partial charge in [-0.3, -0.25) is 0 Å². The fourth-order valence-electron chi connectivity index (χ4n) is 2.30. The van der Waals surface area contributed by atoms with Crippen LogP contribution in [0.15, 0.2) is 12.3 Å². The second-order valence-corrected chi connectivity index (χ2v) is 4.97. The molecule has 0 aromatic carbocycles. The highest BCUT2D eigenvalue weighted by Crippen LogP contribution is 2.21. The predicted molar refractivity (Wildman–Crippen MR) is 72.1 cm³/mol. The van der Waals surface area contributed by atoms with E-state index in [4.69, 9.17) is 11.0 Å². The van der Waals surface area contributed by atoms with Crippen LogP contribution in [-0.4, -0.2) is 35.6 Å². The number of nitrogens with one attached hydrogen (secondary N) is 1. The van der Waals surface area contributed by atoms with Crippen molar-refractivity contribution in [2.45, 2.75) is 31.8 Å². The zero-order valence-electron chi connectivity index (χ0n) is 10.8. The Morgan fingerprint density at radius 1 is 1.61 bits per heavy atom. The van der Waals surface area contributed by atoms with Gasteiger partial charge in [-0.1, -0.05) is 0 Å². The summed E-state index contributed by atoms with van der Waals surface area (Å²) in [5, 5.41) is 12.4. The summed E-state index contributed by atoms with van der Waals surface area (Å²) < 4.78 is 0. The van der Waals surface area contributed by atoms with E-state index >= 15 is 0 Å². The van der Waals surface area contributed by atoms with E-state index in [1.54, 1.807) is 12.3 Å². The monoisotopic (exact) mass is 245 g/mol. The minimum atomic E-state index is 0.374. The number of hydrogen-bond donors (Lipinski definition) is 2. The molecule has 0 bridgehead atoms. The molecular formula is C13H19N5. The number of hydrogen-bond acceptors (Lipinski definition) is 5. The number of pyridine rings is 1. The van der Waals surface area contributed by atoms with E-state index in [2.05, 4.69) is 35.2 Å². The molecule has 1 saturated heterocycles. The molecule has 0 saturated carbocycles. The van der Waals surface area contributed by atoms with E-state index in [-0.39, 0.29) is 0 Å². The first-order chi connectivity index (χ1) is 8.60. The number of nitrogen functional groups attached to an aromatic ring is 1. The van der Waals surface area contributed by atoms with Crippen LogP contribution < -0.4 is 11.1 Å². The fraction of sp³-hybridized carbons (Fsp3) is 0.538. The van der Waals surface area contributed by atoms with Crippen LogP contribution in [-0.2, 0) is 0 Å². The van der Waals surface area contributed by atoms with Gasteiger partial charge in [0.1, 0.15) is 11.9 Å². The number of nitrogens with two attached hydrogens (primary N) is 1. The smallest absolute Gasteiger partial charge is 0.144 e. The molecular weight excluding hydrogens is 226 g/mol. The van der Waals surface area contributed by atoms with Gasteiger partial charge in [0.05, 0.1) is 17.4 Å². The molecule has 0 radical (unpaired) electrons. The maximum absolute atomic E-state index is 9.07. The second-order valence-electron chi connectivity index (χ2n) is 4.97. The van der Waals surface area contributed by atoms with E-state index in [0.717, 1.165) is 19.4 Å². The Morgan fingerprint density at radius 3 is 3.06 bits per heavy atom. The maximum atomic E-state index is 9.07. The summed E-state index contributed by atoms with van der Waals surface area (Å²) in [6, 6.07) is 4.72. The van der Waals surface area contributed by atoms with Crippen LogP contribution in [0.25, 0.3) is 0 Å². The second kappa shape index (κ2) is 5.23. The van der Waals surface area contributed by atoms with E-state index < -0.39 is 0 Å². The molecule has 5 heteroatoms. The summed E-state index contributed by atoms with van der Waals surface area (Å²) in [5.74, 6) is 0.647. The van der Waals surface area contributed by atoms with E-state index in [9.17, 15) is 0 Å². The molecule has 2 rings (SSSR count). The number of piperidine rings is 1. The molecule has 1 fully saturated rings. The van der Waals surface area contributed by atoms with Crippen LogP contribution in [0.4, 0.5) is 11.5 Å². The normalized spacial score (nSPS) is 24.5. The van der Waals surface area contributed by atoms with Crippen LogP contribution in [0.5, 0.6) is 0 Å². The molecule has 2 unspecified atom stereocenters. The number of anilines is 2. The van der Waals surface area contributed by atoms with Crippen LogP contribution in [0.2, 0.25) is 0 Å². The fourth-order valence-corrected chi connectivity index (χ4v) is 2.30. The van der Waals surface area contributed by atoms with Crippen molar-refractivity contribution in [1.29, 1.82) is 5.26 Å². The van der Waals surface area contributed by atoms with Gasteiger partial charge in [0.15, 0.2) is 0 Å². The lowest BCUT2D eigenvalue weighted by Crippen LogP contribution is -2.42. The van der Waals surface area contributed by atoms with E-state index in [1.165, 1.54) is 0 Å². The highest BCUT2D eigenvalue weighted by Gasteiger charge is 2.23. The minimum absolute atomic E-state index is 0.374. The third-order valence-corrected chi connectivity index (χ3v) is 3.58. The van der Waals surface area contributed by atoms with Crippen molar-refractivity contribution in [1.82, 2.24) is 9.88 Å². The van der Waals surface area contributed by atoms with E-state index in [1.807, 2.05) is 0 Å². The molecule has 1 aromatic rings. The zero-order chi connectivity index (χ0) is 13.1. The molecule has 0 spiro atoms. The Balaban J connectivity index is 2.08. The highest BCUT2D eigenvalue weighted by atomic mass is 15.2. The average molecular weight is 245 g/mol. The first kappa shape index (κ1) is 12.7. The summed E-state index contributed by atoms with van der Waals surface area (Å²) in [6.45, 7) is 3.28. The third-order valence-electron chi connectivity index (χ3n) is 3.58. The Labute approximate surface area is 108 Å². The predicted octanol–water partition coefficient (Wildman–Crippen LogP) is 1.43. The summed E-state index contributed by atoms with van der Waals surface area (Å²) in [5.41, 5.74) is 6.67. The number of nitriles is 1. The summed E-state index contributed by atoms with van der Waals surface area (Å²) in [4.78, 5) is 6.56. The Hall–Kier alpha value is -1.80. The lowest BCUT2D eigenvalue weighted by molar-refractivity contribution is 0.190. The zero-order valence-corrected chi connectivity index (χ0v) is 10.8. The SMILES string of the molecule is CC1CC(Nc2ncc(N)cc2C#N)CCN1C. The highest BCUT2D eigenvalue weighted by molar-refractivity contribution is 5.57. The molecule has 0 amide bonds. The molecule has 18 heavy (non-hydrogen) atoms. The van der Waals surface area contributed by atoms with Crippen molar-refractivity contribution >= 4 is 11.5 Å². The lowest BCUT2D eigenvalue weighted by Gasteiger charge is -2.35. The van der Waals surface area contributed by atoms with Crippen molar-refractivity contribution in [2.75, 3.05) is 24.6 Å². The van der Waals surface area contributed by atoms with Crippen molar-refractivity contribution in [3.05, 3.63) is 17.8 Å². The molecule has 1 aliphatic rings. The molecule has 1 aliphatic heterocycles.